The number of rotatable bonds is 3. The summed E-state index contributed by atoms with van der Waals surface area (Å²) in [7, 11) is 0. The van der Waals surface area contributed by atoms with Gasteiger partial charge in [-0.05, 0) is 43.2 Å². The minimum absolute atomic E-state index is 0.104. The predicted molar refractivity (Wildman–Crippen MR) is 97.6 cm³/mol. The van der Waals surface area contributed by atoms with Crippen LogP contribution in [0.5, 0.6) is 0 Å². The summed E-state index contributed by atoms with van der Waals surface area (Å²) >= 11 is 1.82. The molecule has 0 spiro atoms. The van der Waals surface area contributed by atoms with Crippen molar-refractivity contribution in [3.63, 3.8) is 0 Å². The third-order valence-electron chi connectivity index (χ3n) is 5.33. The lowest BCUT2D eigenvalue weighted by Gasteiger charge is -2.28. The Labute approximate surface area is 146 Å². The van der Waals surface area contributed by atoms with Crippen molar-refractivity contribution < 1.29 is 0 Å². The van der Waals surface area contributed by atoms with E-state index >= 15 is 0 Å². The van der Waals surface area contributed by atoms with Crippen molar-refractivity contribution in [1.82, 2.24) is 14.9 Å². The number of thiophene rings is 1. The Hall–Kier alpha value is -1.46. The Morgan fingerprint density at radius 2 is 2.17 bits per heavy atom. The molecule has 0 bridgehead atoms. The molecule has 0 aromatic carbocycles. The van der Waals surface area contributed by atoms with Crippen molar-refractivity contribution >= 4 is 11.3 Å². The van der Waals surface area contributed by atoms with E-state index in [2.05, 4.69) is 28.3 Å². The number of hydrogen-bond donors (Lipinski definition) is 1. The number of aromatic nitrogens is 2. The molecule has 1 aliphatic carbocycles. The quantitative estimate of drug-likeness (QED) is 0.923. The Bertz CT molecular complexity index is 773. The number of hydrogen-bond acceptors (Lipinski definition) is 4. The highest BCUT2D eigenvalue weighted by atomic mass is 32.1. The zero-order valence-electron chi connectivity index (χ0n) is 14.3. The standard InChI is InChI=1S/C19H25N3OS/c1-13-9-15(24-12-13)10-22-8-7-16-17(11-22)20-18(21-19(16)23)14-5-3-2-4-6-14/h9,12,14H,2-8,10-11H2,1H3,(H,20,21,23). The Balaban J connectivity index is 1.55. The van der Waals surface area contributed by atoms with Crippen molar-refractivity contribution in [2.75, 3.05) is 6.54 Å². The van der Waals surface area contributed by atoms with Crippen LogP contribution < -0.4 is 5.56 Å². The van der Waals surface area contributed by atoms with Crippen LogP contribution >= 0.6 is 11.3 Å². The van der Waals surface area contributed by atoms with Crippen LogP contribution in [0.2, 0.25) is 0 Å². The van der Waals surface area contributed by atoms with Gasteiger partial charge in [-0.1, -0.05) is 19.3 Å². The van der Waals surface area contributed by atoms with Gasteiger partial charge in [0.2, 0.25) is 0 Å². The summed E-state index contributed by atoms with van der Waals surface area (Å²) in [6.45, 7) is 4.85. The van der Waals surface area contributed by atoms with E-state index < -0.39 is 0 Å². The van der Waals surface area contributed by atoms with Crippen LogP contribution in [-0.4, -0.2) is 21.4 Å². The number of nitrogens with zero attached hydrogens (tertiary/aromatic N) is 2. The summed E-state index contributed by atoms with van der Waals surface area (Å²) in [5.74, 6) is 1.39. The monoisotopic (exact) mass is 343 g/mol. The highest BCUT2D eigenvalue weighted by Crippen LogP contribution is 2.31. The third kappa shape index (κ3) is 3.33. The third-order valence-corrected chi connectivity index (χ3v) is 6.37. The van der Waals surface area contributed by atoms with Gasteiger partial charge in [-0.3, -0.25) is 9.69 Å². The van der Waals surface area contributed by atoms with Crippen LogP contribution in [0.3, 0.4) is 0 Å². The minimum Gasteiger partial charge on any atom is -0.310 e. The number of aromatic amines is 1. The molecule has 0 amide bonds. The average molecular weight is 343 g/mol. The molecule has 128 valence electrons. The minimum atomic E-state index is 0.104. The van der Waals surface area contributed by atoms with Crippen molar-refractivity contribution in [1.29, 1.82) is 0 Å². The fraction of sp³-hybridized carbons (Fsp3) is 0.579. The molecule has 1 N–H and O–H groups in total. The summed E-state index contributed by atoms with van der Waals surface area (Å²) in [6, 6.07) is 2.26. The molecule has 1 fully saturated rings. The van der Waals surface area contributed by atoms with E-state index in [1.54, 1.807) is 0 Å². The molecule has 4 nitrogen and oxygen atoms in total. The molecule has 0 radical (unpaired) electrons. The first-order chi connectivity index (χ1) is 11.7. The normalized spacial score (nSPS) is 19.4. The lowest BCUT2D eigenvalue weighted by Crippen LogP contribution is -2.35. The van der Waals surface area contributed by atoms with Crippen LogP contribution in [0.1, 0.15) is 65.5 Å². The molecule has 2 aromatic rings. The van der Waals surface area contributed by atoms with Gasteiger partial charge in [-0.25, -0.2) is 4.98 Å². The fourth-order valence-electron chi connectivity index (χ4n) is 4.01. The summed E-state index contributed by atoms with van der Waals surface area (Å²) in [6.07, 6.45) is 6.98. The Kier molecular flexibility index (Phi) is 4.55. The number of aryl methyl sites for hydroxylation is 1. The molecule has 0 saturated heterocycles. The van der Waals surface area contributed by atoms with E-state index in [4.69, 9.17) is 4.98 Å². The first-order valence-corrected chi connectivity index (χ1v) is 9.95. The topological polar surface area (TPSA) is 49.0 Å². The molecule has 0 atom stereocenters. The van der Waals surface area contributed by atoms with Crippen molar-refractivity contribution in [2.24, 2.45) is 0 Å². The molecule has 1 aliphatic heterocycles. The first kappa shape index (κ1) is 16.0. The second-order valence-corrected chi connectivity index (χ2v) is 8.26. The molecule has 5 heteroatoms. The second kappa shape index (κ2) is 6.81. The summed E-state index contributed by atoms with van der Waals surface area (Å²) < 4.78 is 0. The van der Waals surface area contributed by atoms with Crippen LogP contribution in [0.25, 0.3) is 0 Å². The van der Waals surface area contributed by atoms with Crippen LogP contribution in [0, 0.1) is 6.92 Å². The van der Waals surface area contributed by atoms with Gasteiger partial charge in [0.25, 0.3) is 5.56 Å². The van der Waals surface area contributed by atoms with Crippen LogP contribution in [-0.2, 0) is 19.5 Å². The molecule has 3 heterocycles. The largest absolute Gasteiger partial charge is 0.310 e. The van der Waals surface area contributed by atoms with Crippen molar-refractivity contribution in [3.05, 3.63) is 49.3 Å². The summed E-state index contributed by atoms with van der Waals surface area (Å²) in [5, 5.41) is 2.21. The van der Waals surface area contributed by atoms with E-state index in [1.165, 1.54) is 42.5 Å². The molecule has 1 saturated carbocycles. The summed E-state index contributed by atoms with van der Waals surface area (Å²) in [5.41, 5.74) is 3.36. The van der Waals surface area contributed by atoms with Gasteiger partial charge >= 0.3 is 0 Å². The number of H-pyrrole nitrogens is 1. The maximum atomic E-state index is 12.5. The maximum Gasteiger partial charge on any atom is 0.254 e. The van der Waals surface area contributed by atoms with Gasteiger partial charge in [0.05, 0.1) is 5.69 Å². The van der Waals surface area contributed by atoms with Crippen molar-refractivity contribution in [2.45, 2.75) is 64.5 Å². The molecule has 2 aliphatic rings. The van der Waals surface area contributed by atoms with Crippen LogP contribution in [0.4, 0.5) is 0 Å². The van der Waals surface area contributed by atoms with E-state index in [9.17, 15) is 4.79 Å². The smallest absolute Gasteiger partial charge is 0.254 e. The van der Waals surface area contributed by atoms with Gasteiger partial charge < -0.3 is 4.98 Å². The van der Waals surface area contributed by atoms with Gasteiger partial charge in [0.15, 0.2) is 0 Å². The highest BCUT2D eigenvalue weighted by Gasteiger charge is 2.24. The summed E-state index contributed by atoms with van der Waals surface area (Å²) in [4.78, 5) is 24.3. The highest BCUT2D eigenvalue weighted by molar-refractivity contribution is 7.10. The molecule has 4 rings (SSSR count). The van der Waals surface area contributed by atoms with E-state index in [0.29, 0.717) is 5.92 Å². The van der Waals surface area contributed by atoms with Gasteiger partial charge in [0, 0.05) is 36.0 Å². The van der Waals surface area contributed by atoms with Gasteiger partial charge in [-0.15, -0.1) is 11.3 Å². The van der Waals surface area contributed by atoms with E-state index in [0.717, 1.165) is 43.1 Å². The zero-order chi connectivity index (χ0) is 16.5. The lowest BCUT2D eigenvalue weighted by molar-refractivity contribution is 0.241. The van der Waals surface area contributed by atoms with E-state index in [-0.39, 0.29) is 5.56 Å². The first-order valence-electron chi connectivity index (χ1n) is 9.07. The van der Waals surface area contributed by atoms with Gasteiger partial charge in [0.1, 0.15) is 5.82 Å². The van der Waals surface area contributed by atoms with Crippen molar-refractivity contribution in [3.8, 4) is 0 Å². The molecular formula is C19H25N3OS. The zero-order valence-corrected chi connectivity index (χ0v) is 15.1. The Morgan fingerprint density at radius 3 is 2.92 bits per heavy atom. The predicted octanol–water partition coefficient (Wildman–Crippen LogP) is 3.75. The Morgan fingerprint density at radius 1 is 1.33 bits per heavy atom. The van der Waals surface area contributed by atoms with Crippen LogP contribution in [0.15, 0.2) is 16.2 Å². The molecule has 2 aromatic heterocycles. The maximum absolute atomic E-state index is 12.5. The number of fused-ring (bicyclic) bond motifs is 1. The fourth-order valence-corrected chi connectivity index (χ4v) is 4.93. The SMILES string of the molecule is Cc1csc(CN2CCc3c(nc(C4CCCCC4)[nH]c3=O)C2)c1. The molecule has 24 heavy (non-hydrogen) atoms. The average Bonchev–Trinajstić information content (AvgIpc) is 3.00. The van der Waals surface area contributed by atoms with E-state index in [1.807, 2.05) is 11.3 Å². The van der Waals surface area contributed by atoms with Gasteiger partial charge in [-0.2, -0.15) is 0 Å². The number of nitrogens with one attached hydrogen (secondary N) is 1. The lowest BCUT2D eigenvalue weighted by atomic mass is 9.88. The second-order valence-electron chi connectivity index (χ2n) is 7.26. The molecule has 0 unspecified atom stereocenters. The molecular weight excluding hydrogens is 318 g/mol.